The SMILES string of the molecule is BrC=C(Br)C(Br)c1cccs1. The predicted octanol–water partition coefficient (Wildman–Crippen LogP) is 4.82. The van der Waals surface area contributed by atoms with Gasteiger partial charge < -0.3 is 0 Å². The van der Waals surface area contributed by atoms with E-state index in [-0.39, 0.29) is 4.83 Å². The van der Waals surface area contributed by atoms with E-state index in [1.165, 1.54) is 4.88 Å². The third-order valence-electron chi connectivity index (χ3n) is 1.14. The van der Waals surface area contributed by atoms with E-state index in [1.54, 1.807) is 11.3 Å². The first-order valence-corrected chi connectivity index (χ1v) is 6.39. The lowest BCUT2D eigenvalue weighted by Crippen LogP contribution is -1.82. The van der Waals surface area contributed by atoms with Gasteiger partial charge in [-0.3, -0.25) is 0 Å². The second kappa shape index (κ2) is 4.80. The predicted molar refractivity (Wildman–Crippen MR) is 61.9 cm³/mol. The highest BCUT2D eigenvalue weighted by molar-refractivity contribution is 9.15. The summed E-state index contributed by atoms with van der Waals surface area (Å²) in [6.07, 6.45) is 0. The second-order valence-electron chi connectivity index (χ2n) is 1.87. The lowest BCUT2D eigenvalue weighted by molar-refractivity contribution is 1.31. The second-order valence-corrected chi connectivity index (χ2v) is 5.14. The van der Waals surface area contributed by atoms with Crippen LogP contribution in [0.15, 0.2) is 27.0 Å². The van der Waals surface area contributed by atoms with Crippen LogP contribution in [0.3, 0.4) is 0 Å². The van der Waals surface area contributed by atoms with Gasteiger partial charge in [0.25, 0.3) is 0 Å². The largest absolute Gasteiger partial charge is 0.147 e. The highest BCUT2D eigenvalue weighted by atomic mass is 79.9. The lowest BCUT2D eigenvalue weighted by atomic mass is 10.3. The highest BCUT2D eigenvalue weighted by Gasteiger charge is 2.10. The van der Waals surface area contributed by atoms with Gasteiger partial charge in [-0.1, -0.05) is 53.9 Å². The molecule has 1 heterocycles. The number of thiophene rings is 1. The molecule has 0 amide bonds. The zero-order chi connectivity index (χ0) is 8.27. The van der Waals surface area contributed by atoms with Crippen LogP contribution in [-0.4, -0.2) is 0 Å². The standard InChI is InChI=1S/C7H5Br3S/c8-4-5(9)7(10)6-2-1-3-11-6/h1-4,7H. The molecule has 0 saturated carbocycles. The normalized spacial score (nSPS) is 15.0. The van der Waals surface area contributed by atoms with Crippen molar-refractivity contribution in [3.63, 3.8) is 0 Å². The molecule has 0 fully saturated rings. The molecule has 11 heavy (non-hydrogen) atoms. The van der Waals surface area contributed by atoms with Crippen molar-refractivity contribution < 1.29 is 0 Å². The molecule has 0 radical (unpaired) electrons. The van der Waals surface area contributed by atoms with Crippen LogP contribution in [0.2, 0.25) is 0 Å². The molecule has 4 heteroatoms. The summed E-state index contributed by atoms with van der Waals surface area (Å²) in [5.41, 5.74) is 0. The Balaban J connectivity index is 2.78. The highest BCUT2D eigenvalue weighted by Crippen LogP contribution is 2.37. The molecule has 0 aromatic carbocycles. The maximum Gasteiger partial charge on any atom is 0.0808 e. The monoisotopic (exact) mass is 358 g/mol. The summed E-state index contributed by atoms with van der Waals surface area (Å²) in [5.74, 6) is 0. The van der Waals surface area contributed by atoms with Crippen LogP contribution in [0.5, 0.6) is 0 Å². The van der Waals surface area contributed by atoms with Crippen molar-refractivity contribution >= 4 is 59.1 Å². The van der Waals surface area contributed by atoms with Crippen LogP contribution in [0.25, 0.3) is 0 Å². The van der Waals surface area contributed by atoms with Crippen LogP contribution in [-0.2, 0) is 0 Å². The Morgan fingerprint density at radius 3 is 2.82 bits per heavy atom. The van der Waals surface area contributed by atoms with Gasteiger partial charge in [0.2, 0.25) is 0 Å². The number of halogens is 3. The van der Waals surface area contributed by atoms with Crippen molar-refractivity contribution in [1.29, 1.82) is 0 Å². The fraction of sp³-hybridized carbons (Fsp3) is 0.143. The number of hydrogen-bond donors (Lipinski definition) is 0. The molecule has 1 rings (SSSR count). The van der Waals surface area contributed by atoms with Crippen LogP contribution in [0.4, 0.5) is 0 Å². The minimum atomic E-state index is 0.280. The van der Waals surface area contributed by atoms with Gasteiger partial charge in [0.05, 0.1) is 4.83 Å². The average molecular weight is 361 g/mol. The molecule has 0 aliphatic rings. The molecule has 0 N–H and O–H groups in total. The van der Waals surface area contributed by atoms with Gasteiger partial charge in [0, 0.05) is 9.36 Å². The zero-order valence-corrected chi connectivity index (χ0v) is 11.0. The van der Waals surface area contributed by atoms with E-state index in [1.807, 2.05) is 11.1 Å². The smallest absolute Gasteiger partial charge is 0.0808 e. The minimum absolute atomic E-state index is 0.280. The van der Waals surface area contributed by atoms with Crippen molar-refractivity contribution in [3.05, 3.63) is 31.9 Å². The molecule has 0 aliphatic heterocycles. The molecule has 1 unspecified atom stereocenters. The van der Waals surface area contributed by atoms with Gasteiger partial charge in [0.1, 0.15) is 0 Å². The third-order valence-corrected chi connectivity index (χ3v) is 5.77. The van der Waals surface area contributed by atoms with E-state index in [0.29, 0.717) is 0 Å². The summed E-state index contributed by atoms with van der Waals surface area (Å²) in [4.78, 5) is 3.45. The molecule has 1 atom stereocenters. The Morgan fingerprint density at radius 2 is 2.36 bits per heavy atom. The summed E-state index contributed by atoms with van der Waals surface area (Å²) < 4.78 is 1.10. The van der Waals surface area contributed by atoms with E-state index >= 15 is 0 Å². The number of hydrogen-bond acceptors (Lipinski definition) is 1. The first-order chi connectivity index (χ1) is 5.25. The topological polar surface area (TPSA) is 0 Å². The van der Waals surface area contributed by atoms with Gasteiger partial charge in [-0.25, -0.2) is 0 Å². The summed E-state index contributed by atoms with van der Waals surface area (Å²) in [5, 5.41) is 2.07. The summed E-state index contributed by atoms with van der Waals surface area (Å²) >= 11 is 12.0. The van der Waals surface area contributed by atoms with E-state index in [2.05, 4.69) is 59.2 Å². The third kappa shape index (κ3) is 2.68. The van der Waals surface area contributed by atoms with Crippen LogP contribution >= 0.6 is 59.1 Å². The first kappa shape index (κ1) is 9.96. The molecule has 60 valence electrons. The van der Waals surface area contributed by atoms with Crippen LogP contribution < -0.4 is 0 Å². The Morgan fingerprint density at radius 1 is 1.64 bits per heavy atom. The number of rotatable bonds is 2. The average Bonchev–Trinajstić information content (AvgIpc) is 2.53. The summed E-state index contributed by atoms with van der Waals surface area (Å²) in [6, 6.07) is 4.14. The van der Waals surface area contributed by atoms with Crippen molar-refractivity contribution in [2.75, 3.05) is 0 Å². The van der Waals surface area contributed by atoms with E-state index < -0.39 is 0 Å². The maximum atomic E-state index is 3.56. The molecule has 0 aliphatic carbocycles. The maximum absolute atomic E-state index is 3.56. The Labute approximate surface area is 95.1 Å². The Hall–Kier alpha value is 0.880. The van der Waals surface area contributed by atoms with Crippen molar-refractivity contribution in [3.8, 4) is 0 Å². The zero-order valence-electron chi connectivity index (χ0n) is 5.43. The Bertz CT molecular complexity index is 240. The van der Waals surface area contributed by atoms with Gasteiger partial charge >= 0.3 is 0 Å². The quantitative estimate of drug-likeness (QED) is 0.663. The first-order valence-electron chi connectivity index (χ1n) is 2.89. The molecule has 0 saturated heterocycles. The van der Waals surface area contributed by atoms with Gasteiger partial charge in [-0.15, -0.1) is 11.3 Å². The number of alkyl halides is 1. The molecule has 0 bridgehead atoms. The lowest BCUT2D eigenvalue weighted by Gasteiger charge is -2.03. The van der Waals surface area contributed by atoms with Crippen molar-refractivity contribution in [2.45, 2.75) is 4.83 Å². The van der Waals surface area contributed by atoms with Crippen molar-refractivity contribution in [2.24, 2.45) is 0 Å². The molecule has 1 aromatic rings. The van der Waals surface area contributed by atoms with Crippen LogP contribution in [0.1, 0.15) is 9.70 Å². The van der Waals surface area contributed by atoms with E-state index in [4.69, 9.17) is 0 Å². The molecule has 0 nitrogen and oxygen atoms in total. The van der Waals surface area contributed by atoms with E-state index in [0.717, 1.165) is 4.48 Å². The van der Waals surface area contributed by atoms with Crippen molar-refractivity contribution in [1.82, 2.24) is 0 Å². The minimum Gasteiger partial charge on any atom is -0.147 e. The number of allylic oxidation sites excluding steroid dienone is 1. The summed E-state index contributed by atoms with van der Waals surface area (Å²) in [7, 11) is 0. The molecular formula is C7H5Br3S. The van der Waals surface area contributed by atoms with Gasteiger partial charge in [-0.05, 0) is 16.4 Å². The van der Waals surface area contributed by atoms with Crippen LogP contribution in [0, 0.1) is 0 Å². The fourth-order valence-corrected chi connectivity index (χ4v) is 2.97. The molecule has 1 aromatic heterocycles. The van der Waals surface area contributed by atoms with E-state index in [9.17, 15) is 0 Å². The molecular weight excluding hydrogens is 356 g/mol. The Kier molecular flexibility index (Phi) is 4.34. The summed E-state index contributed by atoms with van der Waals surface area (Å²) in [6.45, 7) is 0. The van der Waals surface area contributed by atoms with Gasteiger partial charge in [0.15, 0.2) is 0 Å². The fourth-order valence-electron chi connectivity index (χ4n) is 0.627. The molecule has 0 spiro atoms. The van der Waals surface area contributed by atoms with Gasteiger partial charge in [-0.2, -0.15) is 0 Å².